The fraction of sp³-hybridized carbons (Fsp3) is 0.722. The normalized spacial score (nSPS) is 24.7. The number of carbonyl (C=O) groups is 3. The summed E-state index contributed by atoms with van der Waals surface area (Å²) in [6.07, 6.45) is 2.74. The van der Waals surface area contributed by atoms with Gasteiger partial charge in [-0.05, 0) is 37.0 Å². The Morgan fingerprint density at radius 2 is 1.84 bits per heavy atom. The third kappa shape index (κ3) is 7.58. The van der Waals surface area contributed by atoms with Gasteiger partial charge in [-0.25, -0.2) is 9.59 Å². The summed E-state index contributed by atoms with van der Waals surface area (Å²) in [5.41, 5.74) is 0.265. The quantitative estimate of drug-likeness (QED) is 0.301. The van der Waals surface area contributed by atoms with Crippen molar-refractivity contribution in [1.82, 2.24) is 10.6 Å². The van der Waals surface area contributed by atoms with E-state index in [2.05, 4.69) is 38.0 Å². The van der Waals surface area contributed by atoms with Crippen LogP contribution in [0.1, 0.15) is 47.0 Å². The predicted molar refractivity (Wildman–Crippen MR) is 93.9 cm³/mol. The maximum atomic E-state index is 12.0. The standard InChI is InChI=1S/C18H30N2O5/c1-13(2)15(22)24-6-7-25-16(23)20-14-8-17(3,4)10-18(5,9-14)11-19-12-21/h12,14H,1,6-11H2,2-5H3,(H,19,21)(H,20,23). The molecule has 2 N–H and O–H groups in total. The van der Waals surface area contributed by atoms with Gasteiger partial charge in [-0.2, -0.15) is 0 Å². The SMILES string of the molecule is C=C(C)C(=O)OCCOC(=O)NC1CC(C)(C)CC(C)(CNC=O)C1. The van der Waals surface area contributed by atoms with E-state index in [1.54, 1.807) is 6.92 Å². The summed E-state index contributed by atoms with van der Waals surface area (Å²) < 4.78 is 9.93. The van der Waals surface area contributed by atoms with Crippen molar-refractivity contribution in [3.63, 3.8) is 0 Å². The fourth-order valence-electron chi connectivity index (χ4n) is 3.76. The van der Waals surface area contributed by atoms with Crippen LogP contribution in [0, 0.1) is 10.8 Å². The molecule has 0 aromatic rings. The molecule has 1 rings (SSSR count). The lowest BCUT2D eigenvalue weighted by atomic mass is 9.62. The molecule has 0 aliphatic heterocycles. The number of nitrogens with one attached hydrogen (secondary N) is 2. The number of amides is 2. The van der Waals surface area contributed by atoms with Crippen molar-refractivity contribution in [3.8, 4) is 0 Å². The molecule has 7 heteroatoms. The molecule has 0 aromatic heterocycles. The van der Waals surface area contributed by atoms with Crippen LogP contribution in [0.25, 0.3) is 0 Å². The van der Waals surface area contributed by atoms with E-state index >= 15 is 0 Å². The molecule has 1 aliphatic rings. The van der Waals surface area contributed by atoms with E-state index in [4.69, 9.17) is 9.47 Å². The summed E-state index contributed by atoms with van der Waals surface area (Å²) in [7, 11) is 0. The number of hydrogen-bond acceptors (Lipinski definition) is 5. The van der Waals surface area contributed by atoms with Crippen molar-refractivity contribution in [2.45, 2.75) is 53.0 Å². The minimum absolute atomic E-state index is 0.00373. The lowest BCUT2D eigenvalue weighted by molar-refractivity contribution is -0.139. The van der Waals surface area contributed by atoms with Crippen LogP contribution in [0.2, 0.25) is 0 Å². The van der Waals surface area contributed by atoms with Gasteiger partial charge < -0.3 is 20.1 Å². The first-order chi connectivity index (χ1) is 11.6. The van der Waals surface area contributed by atoms with Gasteiger partial charge in [0.25, 0.3) is 0 Å². The van der Waals surface area contributed by atoms with Gasteiger partial charge in [-0.1, -0.05) is 27.4 Å². The van der Waals surface area contributed by atoms with Gasteiger partial charge in [0.2, 0.25) is 6.41 Å². The predicted octanol–water partition coefficient (Wildman–Crippen LogP) is 2.16. The minimum atomic E-state index is -0.528. The van der Waals surface area contributed by atoms with E-state index in [0.717, 1.165) is 19.3 Å². The Labute approximate surface area is 149 Å². The second-order valence-electron chi connectivity index (χ2n) is 7.95. The molecule has 0 radical (unpaired) electrons. The molecule has 1 aliphatic carbocycles. The molecule has 0 aromatic carbocycles. The van der Waals surface area contributed by atoms with Crippen LogP contribution in [0.5, 0.6) is 0 Å². The number of rotatable bonds is 8. The van der Waals surface area contributed by atoms with E-state index in [1.165, 1.54) is 0 Å². The highest BCUT2D eigenvalue weighted by Crippen LogP contribution is 2.45. The molecule has 2 atom stereocenters. The van der Waals surface area contributed by atoms with E-state index in [1.807, 2.05) is 0 Å². The third-order valence-corrected chi connectivity index (χ3v) is 4.28. The fourth-order valence-corrected chi connectivity index (χ4v) is 3.76. The van der Waals surface area contributed by atoms with Gasteiger partial charge in [0.05, 0.1) is 0 Å². The highest BCUT2D eigenvalue weighted by atomic mass is 16.6. The zero-order valence-electron chi connectivity index (χ0n) is 15.6. The monoisotopic (exact) mass is 354 g/mol. The number of alkyl carbamates (subject to hydrolysis) is 1. The van der Waals surface area contributed by atoms with Gasteiger partial charge in [-0.15, -0.1) is 0 Å². The van der Waals surface area contributed by atoms with E-state index in [0.29, 0.717) is 18.5 Å². The van der Waals surface area contributed by atoms with Crippen LogP contribution < -0.4 is 10.6 Å². The zero-order valence-corrected chi connectivity index (χ0v) is 15.6. The molecule has 0 bridgehead atoms. The Morgan fingerprint density at radius 1 is 1.20 bits per heavy atom. The molecule has 0 heterocycles. The van der Waals surface area contributed by atoms with Crippen molar-refractivity contribution < 1.29 is 23.9 Å². The number of esters is 1. The summed E-state index contributed by atoms with van der Waals surface area (Å²) in [6.45, 7) is 12.0. The van der Waals surface area contributed by atoms with Crippen LogP contribution >= 0.6 is 0 Å². The van der Waals surface area contributed by atoms with E-state index in [9.17, 15) is 14.4 Å². The van der Waals surface area contributed by atoms with Gasteiger partial charge >= 0.3 is 12.1 Å². The lowest BCUT2D eigenvalue weighted by Crippen LogP contribution is -2.49. The van der Waals surface area contributed by atoms with Gasteiger partial charge in [0.15, 0.2) is 0 Å². The third-order valence-electron chi connectivity index (χ3n) is 4.28. The van der Waals surface area contributed by atoms with Crippen molar-refractivity contribution >= 4 is 18.5 Å². The van der Waals surface area contributed by atoms with E-state index in [-0.39, 0.29) is 30.1 Å². The molecule has 2 unspecified atom stereocenters. The maximum absolute atomic E-state index is 12.0. The van der Waals surface area contributed by atoms with Crippen molar-refractivity contribution in [2.75, 3.05) is 19.8 Å². The molecule has 2 amide bonds. The molecule has 0 spiro atoms. The van der Waals surface area contributed by atoms with Crippen LogP contribution in [0.3, 0.4) is 0 Å². The minimum Gasteiger partial charge on any atom is -0.459 e. The van der Waals surface area contributed by atoms with Crippen LogP contribution in [0.15, 0.2) is 12.2 Å². The molecule has 1 fully saturated rings. The van der Waals surface area contributed by atoms with Crippen LogP contribution in [0.4, 0.5) is 4.79 Å². The largest absolute Gasteiger partial charge is 0.459 e. The summed E-state index contributed by atoms with van der Waals surface area (Å²) in [5, 5.41) is 5.63. The summed E-state index contributed by atoms with van der Waals surface area (Å²) in [6, 6.07) is -0.0346. The second kappa shape index (κ2) is 8.87. The summed E-state index contributed by atoms with van der Waals surface area (Å²) in [5.74, 6) is -0.503. The van der Waals surface area contributed by atoms with Crippen molar-refractivity contribution in [2.24, 2.45) is 10.8 Å². The average Bonchev–Trinajstić information content (AvgIpc) is 2.47. The van der Waals surface area contributed by atoms with Crippen molar-refractivity contribution in [3.05, 3.63) is 12.2 Å². The molecular formula is C18H30N2O5. The highest BCUT2D eigenvalue weighted by molar-refractivity contribution is 5.86. The Balaban J connectivity index is 2.45. The first-order valence-corrected chi connectivity index (χ1v) is 8.50. The molecule has 7 nitrogen and oxygen atoms in total. The first kappa shape index (κ1) is 21.0. The first-order valence-electron chi connectivity index (χ1n) is 8.50. The Hall–Kier alpha value is -2.05. The van der Waals surface area contributed by atoms with Crippen LogP contribution in [-0.4, -0.2) is 44.3 Å². The highest BCUT2D eigenvalue weighted by Gasteiger charge is 2.41. The van der Waals surface area contributed by atoms with Gasteiger partial charge in [0.1, 0.15) is 13.2 Å². The molecule has 0 saturated heterocycles. The smallest absolute Gasteiger partial charge is 0.407 e. The Kier molecular flexibility index (Phi) is 7.45. The number of hydrogen-bond donors (Lipinski definition) is 2. The Morgan fingerprint density at radius 3 is 2.44 bits per heavy atom. The Bertz CT molecular complexity index is 518. The molecular weight excluding hydrogens is 324 g/mol. The zero-order chi connectivity index (χ0) is 19.1. The van der Waals surface area contributed by atoms with Crippen molar-refractivity contribution in [1.29, 1.82) is 0 Å². The summed E-state index contributed by atoms with van der Waals surface area (Å²) in [4.78, 5) is 33.8. The molecule has 1 saturated carbocycles. The number of carbonyl (C=O) groups excluding carboxylic acids is 3. The topological polar surface area (TPSA) is 93.7 Å². The van der Waals surface area contributed by atoms with Crippen LogP contribution in [-0.2, 0) is 19.1 Å². The molecule has 25 heavy (non-hydrogen) atoms. The second-order valence-corrected chi connectivity index (χ2v) is 7.95. The maximum Gasteiger partial charge on any atom is 0.407 e. The number of ether oxygens (including phenoxy) is 2. The summed E-state index contributed by atoms with van der Waals surface area (Å²) >= 11 is 0. The van der Waals surface area contributed by atoms with Gasteiger partial charge in [-0.3, -0.25) is 4.79 Å². The molecule has 142 valence electrons. The van der Waals surface area contributed by atoms with Gasteiger partial charge in [0, 0.05) is 18.2 Å². The lowest BCUT2D eigenvalue weighted by Gasteiger charge is -2.46. The average molecular weight is 354 g/mol. The van der Waals surface area contributed by atoms with E-state index < -0.39 is 12.1 Å².